The molecule has 0 heterocycles. The van der Waals surface area contributed by atoms with Crippen molar-refractivity contribution in [2.45, 2.75) is 13.0 Å². The smallest absolute Gasteiger partial charge is 0.322 e. The molecule has 1 unspecified atom stereocenters. The van der Waals surface area contributed by atoms with Crippen LogP contribution in [0.4, 0.5) is 5.69 Å². The second kappa shape index (κ2) is 4.62. The lowest BCUT2D eigenvalue weighted by Gasteiger charge is -2.11. The number of rotatable bonds is 4. The van der Waals surface area contributed by atoms with Crippen LogP contribution in [0.5, 0.6) is 0 Å². The highest BCUT2D eigenvalue weighted by Crippen LogP contribution is 2.12. The van der Waals surface area contributed by atoms with E-state index in [2.05, 4.69) is 5.32 Å². The summed E-state index contributed by atoms with van der Waals surface area (Å²) in [5, 5.41) is 11.6. The van der Waals surface area contributed by atoms with Crippen LogP contribution in [-0.4, -0.2) is 23.7 Å². The fourth-order valence-electron chi connectivity index (χ4n) is 1.08. The minimum atomic E-state index is -0.994. The van der Waals surface area contributed by atoms with Gasteiger partial charge in [0.1, 0.15) is 6.04 Å². The largest absolute Gasteiger partial charge is 0.480 e. The summed E-state index contributed by atoms with van der Waals surface area (Å²) in [6.07, 6.45) is 0. The zero-order chi connectivity index (χ0) is 10.6. The Hall–Kier alpha value is -1.55. The minimum Gasteiger partial charge on any atom is -0.480 e. The maximum Gasteiger partial charge on any atom is 0.322 e. The molecular formula is C10H14N2O2. The fraction of sp³-hybridized carbons (Fsp3) is 0.300. The van der Waals surface area contributed by atoms with Crippen molar-refractivity contribution in [3.8, 4) is 0 Å². The van der Waals surface area contributed by atoms with Gasteiger partial charge in [0.2, 0.25) is 0 Å². The number of carboxylic acid groups (broad SMARTS) is 1. The number of para-hydroxylation sites is 1. The van der Waals surface area contributed by atoms with E-state index in [1.54, 1.807) is 0 Å². The van der Waals surface area contributed by atoms with E-state index in [0.717, 1.165) is 11.3 Å². The maximum atomic E-state index is 10.4. The van der Waals surface area contributed by atoms with Crippen LogP contribution in [0, 0.1) is 6.92 Å². The molecule has 76 valence electrons. The molecule has 0 fully saturated rings. The monoisotopic (exact) mass is 194 g/mol. The number of hydrogen-bond donors (Lipinski definition) is 3. The Morgan fingerprint density at radius 1 is 1.57 bits per heavy atom. The number of hydrogen-bond acceptors (Lipinski definition) is 3. The molecule has 0 aliphatic rings. The van der Waals surface area contributed by atoms with Gasteiger partial charge in [-0.25, -0.2) is 0 Å². The molecule has 1 aromatic rings. The second-order valence-corrected chi connectivity index (χ2v) is 3.14. The van der Waals surface area contributed by atoms with Gasteiger partial charge in [-0.05, 0) is 18.6 Å². The summed E-state index contributed by atoms with van der Waals surface area (Å²) in [5.74, 6) is -0.994. The molecule has 0 bridgehead atoms. The van der Waals surface area contributed by atoms with Crippen LogP contribution in [0.1, 0.15) is 5.56 Å². The molecule has 0 saturated carbocycles. The van der Waals surface area contributed by atoms with E-state index < -0.39 is 12.0 Å². The van der Waals surface area contributed by atoms with Crippen molar-refractivity contribution in [3.63, 3.8) is 0 Å². The molecule has 0 radical (unpaired) electrons. The first-order valence-electron chi connectivity index (χ1n) is 4.39. The third kappa shape index (κ3) is 2.74. The number of nitrogens with two attached hydrogens (primary N) is 1. The van der Waals surface area contributed by atoms with Gasteiger partial charge in [-0.3, -0.25) is 4.79 Å². The van der Waals surface area contributed by atoms with Crippen LogP contribution < -0.4 is 11.1 Å². The maximum absolute atomic E-state index is 10.4. The van der Waals surface area contributed by atoms with E-state index in [0.29, 0.717) is 0 Å². The molecular weight excluding hydrogens is 180 g/mol. The first kappa shape index (κ1) is 10.5. The van der Waals surface area contributed by atoms with Gasteiger partial charge >= 0.3 is 5.97 Å². The molecule has 1 atom stereocenters. The molecule has 14 heavy (non-hydrogen) atoms. The molecule has 4 N–H and O–H groups in total. The van der Waals surface area contributed by atoms with Crippen molar-refractivity contribution >= 4 is 11.7 Å². The zero-order valence-electron chi connectivity index (χ0n) is 8.03. The summed E-state index contributed by atoms with van der Waals surface area (Å²) in [6, 6.07) is 6.80. The fourth-order valence-corrected chi connectivity index (χ4v) is 1.08. The van der Waals surface area contributed by atoms with Crippen molar-refractivity contribution in [1.82, 2.24) is 0 Å². The summed E-state index contributed by atoms with van der Waals surface area (Å²) in [6.45, 7) is 2.19. The van der Waals surface area contributed by atoms with E-state index in [1.165, 1.54) is 0 Å². The molecule has 0 amide bonds. The summed E-state index contributed by atoms with van der Waals surface area (Å²) >= 11 is 0. The van der Waals surface area contributed by atoms with Gasteiger partial charge in [0.05, 0.1) is 0 Å². The normalized spacial score (nSPS) is 12.1. The molecule has 4 nitrogen and oxygen atoms in total. The predicted molar refractivity (Wildman–Crippen MR) is 55.3 cm³/mol. The Labute approximate surface area is 82.7 Å². The van der Waals surface area contributed by atoms with Gasteiger partial charge in [-0.15, -0.1) is 0 Å². The molecule has 0 aromatic heterocycles. The molecule has 0 spiro atoms. The number of carbonyl (C=O) groups is 1. The SMILES string of the molecule is Cc1ccccc1NCC(N)C(=O)O. The van der Waals surface area contributed by atoms with Crippen molar-refractivity contribution in [2.75, 3.05) is 11.9 Å². The minimum absolute atomic E-state index is 0.236. The van der Waals surface area contributed by atoms with Crippen LogP contribution in [0.15, 0.2) is 24.3 Å². The van der Waals surface area contributed by atoms with E-state index >= 15 is 0 Å². The quantitative estimate of drug-likeness (QED) is 0.663. The topological polar surface area (TPSA) is 75.3 Å². The number of aliphatic carboxylic acids is 1. The molecule has 1 aromatic carbocycles. The average Bonchev–Trinajstić information content (AvgIpc) is 2.16. The Morgan fingerprint density at radius 2 is 2.21 bits per heavy atom. The Bertz CT molecular complexity index is 326. The van der Waals surface area contributed by atoms with E-state index in [-0.39, 0.29) is 6.54 Å². The first-order valence-corrected chi connectivity index (χ1v) is 4.39. The van der Waals surface area contributed by atoms with Gasteiger partial charge in [-0.1, -0.05) is 18.2 Å². The molecule has 0 aliphatic heterocycles. The van der Waals surface area contributed by atoms with Crippen LogP contribution in [0.2, 0.25) is 0 Å². The zero-order valence-corrected chi connectivity index (χ0v) is 8.03. The lowest BCUT2D eigenvalue weighted by atomic mass is 10.2. The van der Waals surface area contributed by atoms with Crippen molar-refractivity contribution in [1.29, 1.82) is 0 Å². The van der Waals surface area contributed by atoms with Gasteiger partial charge in [0, 0.05) is 12.2 Å². The summed E-state index contributed by atoms with van der Waals surface area (Å²) < 4.78 is 0. The highest BCUT2D eigenvalue weighted by molar-refractivity contribution is 5.74. The predicted octanol–water partition coefficient (Wildman–Crippen LogP) is 0.819. The number of carboxylic acids is 1. The summed E-state index contributed by atoms with van der Waals surface area (Å²) in [4.78, 5) is 10.4. The van der Waals surface area contributed by atoms with Crippen molar-refractivity contribution < 1.29 is 9.90 Å². The van der Waals surface area contributed by atoms with Gasteiger partial charge in [-0.2, -0.15) is 0 Å². The highest BCUT2D eigenvalue weighted by atomic mass is 16.4. The summed E-state index contributed by atoms with van der Waals surface area (Å²) in [5.41, 5.74) is 7.35. The van der Waals surface area contributed by atoms with Crippen LogP contribution in [-0.2, 0) is 4.79 Å². The molecule has 0 saturated heterocycles. The summed E-state index contributed by atoms with van der Waals surface area (Å²) in [7, 11) is 0. The van der Waals surface area contributed by atoms with Gasteiger partial charge in [0.15, 0.2) is 0 Å². The number of anilines is 1. The second-order valence-electron chi connectivity index (χ2n) is 3.14. The Kier molecular flexibility index (Phi) is 3.48. The van der Waals surface area contributed by atoms with Gasteiger partial charge in [0.25, 0.3) is 0 Å². The third-order valence-electron chi connectivity index (χ3n) is 1.97. The standard InChI is InChI=1S/C10H14N2O2/c1-7-4-2-3-5-9(7)12-6-8(11)10(13)14/h2-5,8,12H,6,11H2,1H3,(H,13,14). The molecule has 0 aliphatic carbocycles. The number of nitrogens with one attached hydrogen (secondary N) is 1. The molecule has 1 rings (SSSR count). The van der Waals surface area contributed by atoms with Crippen LogP contribution >= 0.6 is 0 Å². The first-order chi connectivity index (χ1) is 6.61. The average molecular weight is 194 g/mol. The van der Waals surface area contributed by atoms with Crippen molar-refractivity contribution in [2.24, 2.45) is 5.73 Å². The van der Waals surface area contributed by atoms with Crippen LogP contribution in [0.3, 0.4) is 0 Å². The number of aryl methyl sites for hydroxylation is 1. The lowest BCUT2D eigenvalue weighted by molar-refractivity contribution is -0.138. The van der Waals surface area contributed by atoms with E-state index in [9.17, 15) is 4.79 Å². The van der Waals surface area contributed by atoms with E-state index in [1.807, 2.05) is 31.2 Å². The Balaban J connectivity index is 2.54. The van der Waals surface area contributed by atoms with E-state index in [4.69, 9.17) is 10.8 Å². The highest BCUT2D eigenvalue weighted by Gasteiger charge is 2.10. The lowest BCUT2D eigenvalue weighted by Crippen LogP contribution is -2.37. The number of benzene rings is 1. The third-order valence-corrected chi connectivity index (χ3v) is 1.97. The van der Waals surface area contributed by atoms with Gasteiger partial charge < -0.3 is 16.2 Å². The Morgan fingerprint density at radius 3 is 2.79 bits per heavy atom. The van der Waals surface area contributed by atoms with Crippen molar-refractivity contribution in [3.05, 3.63) is 29.8 Å². The van der Waals surface area contributed by atoms with Crippen LogP contribution in [0.25, 0.3) is 0 Å². The molecule has 4 heteroatoms.